The molecule has 0 radical (unpaired) electrons. The lowest BCUT2D eigenvalue weighted by atomic mass is 10.0. The van der Waals surface area contributed by atoms with Gasteiger partial charge in [0.2, 0.25) is 5.91 Å². The maximum Gasteiger partial charge on any atom is 0.253 e. The average Bonchev–Trinajstić information content (AvgIpc) is 2.67. The molecule has 2 aromatic rings. The number of halogens is 1. The summed E-state index contributed by atoms with van der Waals surface area (Å²) in [4.78, 5) is 29.1. The molecule has 2 amide bonds. The quantitative estimate of drug-likeness (QED) is 0.898. The van der Waals surface area contributed by atoms with E-state index in [9.17, 15) is 9.59 Å². The van der Waals surface area contributed by atoms with Crippen molar-refractivity contribution in [2.24, 2.45) is 0 Å². The standard InChI is InChI=1S/C20H22ClN3O2/c1-23-11-12-24(18(14-23)15-7-3-2-4-8-15)19(25)13-22-20(26)16-9-5-6-10-17(16)21/h2-10,18H,11-14H2,1H3,(H,22,26). The van der Waals surface area contributed by atoms with Gasteiger partial charge in [0.15, 0.2) is 0 Å². The van der Waals surface area contributed by atoms with Crippen LogP contribution in [0.25, 0.3) is 0 Å². The van der Waals surface area contributed by atoms with Crippen molar-refractivity contribution in [3.8, 4) is 0 Å². The van der Waals surface area contributed by atoms with E-state index in [1.54, 1.807) is 24.3 Å². The van der Waals surface area contributed by atoms with Gasteiger partial charge in [0.1, 0.15) is 0 Å². The Balaban J connectivity index is 1.67. The van der Waals surface area contributed by atoms with Gasteiger partial charge < -0.3 is 15.1 Å². The van der Waals surface area contributed by atoms with Crippen LogP contribution in [0.1, 0.15) is 22.0 Å². The Labute approximate surface area is 158 Å². The number of hydrogen-bond donors (Lipinski definition) is 1. The number of piperazine rings is 1. The zero-order chi connectivity index (χ0) is 18.5. The topological polar surface area (TPSA) is 52.6 Å². The van der Waals surface area contributed by atoms with E-state index < -0.39 is 0 Å². The molecule has 0 bridgehead atoms. The van der Waals surface area contributed by atoms with Crippen LogP contribution in [0.4, 0.5) is 0 Å². The van der Waals surface area contributed by atoms with E-state index in [4.69, 9.17) is 11.6 Å². The van der Waals surface area contributed by atoms with Crippen LogP contribution in [-0.2, 0) is 4.79 Å². The number of hydrogen-bond acceptors (Lipinski definition) is 3. The molecule has 1 saturated heterocycles. The molecule has 0 saturated carbocycles. The van der Waals surface area contributed by atoms with Crippen LogP contribution < -0.4 is 5.32 Å². The van der Waals surface area contributed by atoms with Gasteiger partial charge in [-0.3, -0.25) is 9.59 Å². The second kappa shape index (κ2) is 8.34. The van der Waals surface area contributed by atoms with Crippen LogP contribution in [0.5, 0.6) is 0 Å². The largest absolute Gasteiger partial charge is 0.343 e. The van der Waals surface area contributed by atoms with E-state index in [1.807, 2.05) is 35.2 Å². The molecule has 0 spiro atoms. The molecule has 6 heteroatoms. The molecule has 3 rings (SSSR count). The fourth-order valence-electron chi connectivity index (χ4n) is 3.18. The molecule has 136 valence electrons. The van der Waals surface area contributed by atoms with Crippen LogP contribution in [0.2, 0.25) is 5.02 Å². The summed E-state index contributed by atoms with van der Waals surface area (Å²) in [6.07, 6.45) is 0. The third-order valence-electron chi connectivity index (χ3n) is 4.61. The van der Waals surface area contributed by atoms with Crippen LogP contribution >= 0.6 is 11.6 Å². The SMILES string of the molecule is CN1CCN(C(=O)CNC(=O)c2ccccc2Cl)C(c2ccccc2)C1. The normalized spacial score (nSPS) is 17.8. The van der Waals surface area contributed by atoms with Crippen molar-refractivity contribution in [2.75, 3.05) is 33.2 Å². The summed E-state index contributed by atoms with van der Waals surface area (Å²) in [7, 11) is 2.05. The minimum Gasteiger partial charge on any atom is -0.343 e. The van der Waals surface area contributed by atoms with Crippen molar-refractivity contribution >= 4 is 23.4 Å². The van der Waals surface area contributed by atoms with E-state index in [0.29, 0.717) is 17.1 Å². The first-order valence-corrected chi connectivity index (χ1v) is 8.99. The minimum atomic E-state index is -0.339. The molecule has 0 aliphatic carbocycles. The lowest BCUT2D eigenvalue weighted by Gasteiger charge is -2.40. The van der Waals surface area contributed by atoms with Crippen LogP contribution in [-0.4, -0.2) is 54.8 Å². The fraction of sp³-hybridized carbons (Fsp3) is 0.300. The Morgan fingerprint density at radius 1 is 1.08 bits per heavy atom. The molecule has 26 heavy (non-hydrogen) atoms. The van der Waals surface area contributed by atoms with Gasteiger partial charge in [-0.1, -0.05) is 54.1 Å². The fourth-order valence-corrected chi connectivity index (χ4v) is 3.40. The first-order valence-electron chi connectivity index (χ1n) is 8.62. The molecule has 1 aliphatic rings. The first kappa shape index (κ1) is 18.4. The summed E-state index contributed by atoms with van der Waals surface area (Å²) < 4.78 is 0. The molecule has 1 fully saturated rings. The molecule has 2 aromatic carbocycles. The zero-order valence-corrected chi connectivity index (χ0v) is 15.4. The van der Waals surface area contributed by atoms with Crippen LogP contribution in [0.15, 0.2) is 54.6 Å². The lowest BCUT2D eigenvalue weighted by molar-refractivity contribution is -0.135. The van der Waals surface area contributed by atoms with Gasteiger partial charge in [0.25, 0.3) is 5.91 Å². The van der Waals surface area contributed by atoms with Crippen molar-refractivity contribution in [1.29, 1.82) is 0 Å². The predicted octanol–water partition coefficient (Wildman–Crippen LogP) is 2.59. The highest BCUT2D eigenvalue weighted by Gasteiger charge is 2.30. The Hall–Kier alpha value is -2.37. The number of carbonyl (C=O) groups is 2. The van der Waals surface area contributed by atoms with E-state index in [2.05, 4.69) is 17.3 Å². The summed E-state index contributed by atoms with van der Waals surface area (Å²) in [5, 5.41) is 3.07. The van der Waals surface area contributed by atoms with E-state index in [-0.39, 0.29) is 24.4 Å². The monoisotopic (exact) mass is 371 g/mol. The van der Waals surface area contributed by atoms with Crippen molar-refractivity contribution in [3.63, 3.8) is 0 Å². The summed E-state index contributed by atoms with van der Waals surface area (Å²) in [5.41, 5.74) is 1.48. The van der Waals surface area contributed by atoms with E-state index in [0.717, 1.165) is 18.7 Å². The van der Waals surface area contributed by atoms with Crippen molar-refractivity contribution in [1.82, 2.24) is 15.1 Å². The Bertz CT molecular complexity index is 782. The summed E-state index contributed by atoms with van der Waals surface area (Å²) >= 11 is 6.04. The Kier molecular flexibility index (Phi) is 5.91. The minimum absolute atomic E-state index is 0.0142. The number of likely N-dealkylation sites (N-methyl/N-ethyl adjacent to an activating group) is 1. The van der Waals surface area contributed by atoms with Gasteiger partial charge in [-0.05, 0) is 24.7 Å². The molecule has 1 unspecified atom stereocenters. The number of nitrogens with one attached hydrogen (secondary N) is 1. The van der Waals surface area contributed by atoms with Gasteiger partial charge in [-0.2, -0.15) is 0 Å². The Morgan fingerprint density at radius 2 is 1.77 bits per heavy atom. The molecule has 1 atom stereocenters. The second-order valence-corrected chi connectivity index (χ2v) is 6.85. The van der Waals surface area contributed by atoms with E-state index in [1.165, 1.54) is 0 Å². The van der Waals surface area contributed by atoms with Crippen LogP contribution in [0.3, 0.4) is 0 Å². The Morgan fingerprint density at radius 3 is 2.50 bits per heavy atom. The lowest BCUT2D eigenvalue weighted by Crippen LogP contribution is -2.51. The third kappa shape index (κ3) is 4.23. The molecule has 1 heterocycles. The van der Waals surface area contributed by atoms with Crippen molar-refractivity contribution in [3.05, 3.63) is 70.7 Å². The van der Waals surface area contributed by atoms with Gasteiger partial charge in [0.05, 0.1) is 23.2 Å². The molecular weight excluding hydrogens is 350 g/mol. The molecule has 1 aliphatic heterocycles. The highest BCUT2D eigenvalue weighted by Crippen LogP contribution is 2.24. The maximum atomic E-state index is 12.8. The highest BCUT2D eigenvalue weighted by molar-refractivity contribution is 6.33. The number of nitrogens with zero attached hydrogens (tertiary/aromatic N) is 2. The van der Waals surface area contributed by atoms with Crippen LogP contribution in [0, 0.1) is 0 Å². The summed E-state index contributed by atoms with van der Waals surface area (Å²) in [5.74, 6) is -0.429. The number of amides is 2. The second-order valence-electron chi connectivity index (χ2n) is 6.44. The maximum absolute atomic E-state index is 12.8. The molecule has 5 nitrogen and oxygen atoms in total. The average molecular weight is 372 g/mol. The molecular formula is C20H22ClN3O2. The van der Waals surface area contributed by atoms with E-state index >= 15 is 0 Å². The van der Waals surface area contributed by atoms with Gasteiger partial charge in [0, 0.05) is 19.6 Å². The number of carbonyl (C=O) groups excluding carboxylic acids is 2. The zero-order valence-electron chi connectivity index (χ0n) is 14.7. The smallest absolute Gasteiger partial charge is 0.253 e. The van der Waals surface area contributed by atoms with Crippen molar-refractivity contribution < 1.29 is 9.59 Å². The molecule has 1 N–H and O–H groups in total. The number of benzene rings is 2. The van der Waals surface area contributed by atoms with Crippen molar-refractivity contribution in [2.45, 2.75) is 6.04 Å². The summed E-state index contributed by atoms with van der Waals surface area (Å²) in [6, 6.07) is 16.8. The predicted molar refractivity (Wildman–Crippen MR) is 102 cm³/mol. The third-order valence-corrected chi connectivity index (χ3v) is 4.94. The summed E-state index contributed by atoms with van der Waals surface area (Å²) in [6.45, 7) is 2.18. The van der Waals surface area contributed by atoms with Gasteiger partial charge in [-0.15, -0.1) is 0 Å². The van der Waals surface area contributed by atoms with Gasteiger partial charge in [-0.25, -0.2) is 0 Å². The van der Waals surface area contributed by atoms with Gasteiger partial charge >= 0.3 is 0 Å². The number of rotatable bonds is 4. The highest BCUT2D eigenvalue weighted by atomic mass is 35.5. The first-order chi connectivity index (χ1) is 12.6. The molecule has 0 aromatic heterocycles.